The second kappa shape index (κ2) is 4.69. The number of hydrogen-bond acceptors (Lipinski definition) is 4. The monoisotopic (exact) mass is 227 g/mol. The molecule has 2 aliphatic rings. The van der Waals surface area contributed by atoms with Crippen LogP contribution in [-0.2, 0) is 9.53 Å². The fourth-order valence-electron chi connectivity index (χ4n) is 2.53. The van der Waals surface area contributed by atoms with Crippen molar-refractivity contribution >= 4 is 5.91 Å². The molecule has 2 rings (SSSR count). The first-order valence-electron chi connectivity index (χ1n) is 5.96. The molecule has 2 heterocycles. The van der Waals surface area contributed by atoms with Crippen molar-refractivity contribution in [1.29, 1.82) is 0 Å². The number of amides is 1. The van der Waals surface area contributed by atoms with E-state index in [4.69, 9.17) is 10.5 Å². The van der Waals surface area contributed by atoms with Crippen LogP contribution in [0, 0.1) is 0 Å². The molecule has 3 unspecified atom stereocenters. The number of ether oxygens (including phenoxy) is 1. The van der Waals surface area contributed by atoms with Crippen LogP contribution in [0.2, 0.25) is 0 Å². The fraction of sp³-hybridized carbons (Fsp3) is 0.909. The molecule has 0 aliphatic carbocycles. The number of nitrogens with two attached hydrogens (primary N) is 1. The van der Waals surface area contributed by atoms with Crippen molar-refractivity contribution in [3.05, 3.63) is 0 Å². The molecule has 0 saturated carbocycles. The molecule has 16 heavy (non-hydrogen) atoms. The minimum Gasteiger partial charge on any atom is -0.374 e. The van der Waals surface area contributed by atoms with Gasteiger partial charge in [0.1, 0.15) is 0 Å². The standard InChI is InChI=1S/C11H21N3O2/c1-8-7-16-9(5-12)6-14(8)10-3-4-13(2)11(10)15/h8-10H,3-7,12H2,1-2H3. The van der Waals surface area contributed by atoms with Crippen LogP contribution in [0.4, 0.5) is 0 Å². The molecule has 0 spiro atoms. The van der Waals surface area contributed by atoms with E-state index < -0.39 is 0 Å². The smallest absolute Gasteiger partial charge is 0.239 e. The number of carbonyl (C=O) groups is 1. The van der Waals surface area contributed by atoms with Crippen LogP contribution in [0.15, 0.2) is 0 Å². The first kappa shape index (κ1) is 11.8. The molecule has 1 amide bonds. The number of likely N-dealkylation sites (N-methyl/N-ethyl adjacent to an activating group) is 1. The molecular weight excluding hydrogens is 206 g/mol. The molecule has 3 atom stereocenters. The summed E-state index contributed by atoms with van der Waals surface area (Å²) in [4.78, 5) is 16.0. The predicted molar refractivity (Wildman–Crippen MR) is 61.0 cm³/mol. The van der Waals surface area contributed by atoms with Crippen molar-refractivity contribution in [2.45, 2.75) is 31.5 Å². The van der Waals surface area contributed by atoms with Crippen LogP contribution in [0.3, 0.4) is 0 Å². The molecule has 5 nitrogen and oxygen atoms in total. The maximum absolute atomic E-state index is 12.0. The summed E-state index contributed by atoms with van der Waals surface area (Å²) in [7, 11) is 1.87. The average molecular weight is 227 g/mol. The first-order valence-corrected chi connectivity index (χ1v) is 5.96. The van der Waals surface area contributed by atoms with E-state index in [0.29, 0.717) is 19.2 Å². The lowest BCUT2D eigenvalue weighted by Gasteiger charge is -2.40. The van der Waals surface area contributed by atoms with Gasteiger partial charge in [-0.1, -0.05) is 0 Å². The van der Waals surface area contributed by atoms with Crippen LogP contribution in [0.5, 0.6) is 0 Å². The molecule has 2 N–H and O–H groups in total. The number of nitrogens with zero attached hydrogens (tertiary/aromatic N) is 2. The van der Waals surface area contributed by atoms with E-state index in [2.05, 4.69) is 11.8 Å². The Bertz CT molecular complexity index is 272. The third kappa shape index (κ3) is 2.07. The highest BCUT2D eigenvalue weighted by atomic mass is 16.5. The Balaban J connectivity index is 2.04. The number of rotatable bonds is 2. The van der Waals surface area contributed by atoms with Crippen LogP contribution in [0.1, 0.15) is 13.3 Å². The van der Waals surface area contributed by atoms with E-state index >= 15 is 0 Å². The number of hydrogen-bond donors (Lipinski definition) is 1. The second-order valence-electron chi connectivity index (χ2n) is 4.80. The molecule has 2 aliphatic heterocycles. The summed E-state index contributed by atoms with van der Waals surface area (Å²) in [6, 6.07) is 0.348. The molecule has 5 heteroatoms. The highest BCUT2D eigenvalue weighted by Gasteiger charge is 2.39. The summed E-state index contributed by atoms with van der Waals surface area (Å²) < 4.78 is 5.60. The van der Waals surface area contributed by atoms with Crippen molar-refractivity contribution in [3.8, 4) is 0 Å². The Morgan fingerprint density at radius 2 is 2.31 bits per heavy atom. The summed E-state index contributed by atoms with van der Waals surface area (Å²) in [5.41, 5.74) is 5.62. The van der Waals surface area contributed by atoms with Gasteiger partial charge < -0.3 is 15.4 Å². The highest BCUT2D eigenvalue weighted by Crippen LogP contribution is 2.22. The molecule has 0 aromatic carbocycles. The van der Waals surface area contributed by atoms with Crippen molar-refractivity contribution < 1.29 is 9.53 Å². The Hall–Kier alpha value is -0.650. The van der Waals surface area contributed by atoms with E-state index in [9.17, 15) is 4.79 Å². The van der Waals surface area contributed by atoms with E-state index in [1.54, 1.807) is 0 Å². The van der Waals surface area contributed by atoms with Gasteiger partial charge in [-0.05, 0) is 13.3 Å². The van der Waals surface area contributed by atoms with Gasteiger partial charge >= 0.3 is 0 Å². The predicted octanol–water partition coefficient (Wildman–Crippen LogP) is -0.735. The maximum Gasteiger partial charge on any atom is 0.239 e. The molecule has 0 radical (unpaired) electrons. The lowest BCUT2D eigenvalue weighted by atomic mass is 10.1. The normalized spacial score (nSPS) is 37.1. The third-order valence-corrected chi connectivity index (χ3v) is 3.62. The van der Waals surface area contributed by atoms with Crippen LogP contribution in [0.25, 0.3) is 0 Å². The topological polar surface area (TPSA) is 58.8 Å². The van der Waals surface area contributed by atoms with E-state index in [1.165, 1.54) is 0 Å². The Morgan fingerprint density at radius 3 is 2.88 bits per heavy atom. The third-order valence-electron chi connectivity index (χ3n) is 3.62. The van der Waals surface area contributed by atoms with Gasteiger partial charge in [0.2, 0.25) is 5.91 Å². The van der Waals surface area contributed by atoms with Crippen molar-refractivity contribution in [2.75, 3.05) is 33.3 Å². The zero-order valence-corrected chi connectivity index (χ0v) is 10.1. The summed E-state index contributed by atoms with van der Waals surface area (Å²) in [6.45, 7) is 4.95. The van der Waals surface area contributed by atoms with Crippen molar-refractivity contribution in [1.82, 2.24) is 9.80 Å². The molecule has 0 aromatic heterocycles. The minimum absolute atomic E-state index is 0.0398. The molecule has 0 aromatic rings. The van der Waals surface area contributed by atoms with Gasteiger partial charge in [-0.2, -0.15) is 0 Å². The average Bonchev–Trinajstić information content (AvgIpc) is 2.61. The van der Waals surface area contributed by atoms with Gasteiger partial charge in [0.25, 0.3) is 0 Å². The zero-order valence-electron chi connectivity index (χ0n) is 10.1. The van der Waals surface area contributed by atoms with E-state index in [1.807, 2.05) is 11.9 Å². The van der Waals surface area contributed by atoms with Gasteiger partial charge in [-0.15, -0.1) is 0 Å². The Labute approximate surface area is 96.5 Å². The summed E-state index contributed by atoms with van der Waals surface area (Å²) in [6.07, 6.45) is 1.01. The molecule has 2 fully saturated rings. The fourth-order valence-corrected chi connectivity index (χ4v) is 2.53. The van der Waals surface area contributed by atoms with Gasteiger partial charge in [-0.25, -0.2) is 0 Å². The molecule has 0 bridgehead atoms. The lowest BCUT2D eigenvalue weighted by molar-refractivity contribution is -0.136. The summed E-state index contributed by atoms with van der Waals surface area (Å²) in [5, 5.41) is 0. The zero-order chi connectivity index (χ0) is 11.7. The Morgan fingerprint density at radius 1 is 1.56 bits per heavy atom. The molecular formula is C11H21N3O2. The van der Waals surface area contributed by atoms with E-state index in [0.717, 1.165) is 19.5 Å². The van der Waals surface area contributed by atoms with Gasteiger partial charge in [-0.3, -0.25) is 9.69 Å². The quantitative estimate of drug-likeness (QED) is 0.675. The van der Waals surface area contributed by atoms with Crippen LogP contribution < -0.4 is 5.73 Å². The van der Waals surface area contributed by atoms with Gasteiger partial charge in [0.05, 0.1) is 18.8 Å². The summed E-state index contributed by atoms with van der Waals surface area (Å²) in [5.74, 6) is 0.240. The largest absolute Gasteiger partial charge is 0.374 e. The van der Waals surface area contributed by atoms with E-state index in [-0.39, 0.29) is 18.1 Å². The van der Waals surface area contributed by atoms with Crippen molar-refractivity contribution in [2.24, 2.45) is 5.73 Å². The van der Waals surface area contributed by atoms with Gasteiger partial charge in [0, 0.05) is 32.7 Å². The second-order valence-corrected chi connectivity index (χ2v) is 4.80. The number of morpholine rings is 1. The maximum atomic E-state index is 12.0. The molecule has 2 saturated heterocycles. The number of likely N-dealkylation sites (tertiary alicyclic amines) is 1. The van der Waals surface area contributed by atoms with Gasteiger partial charge in [0.15, 0.2) is 0 Å². The summed E-state index contributed by atoms with van der Waals surface area (Å²) >= 11 is 0. The highest BCUT2D eigenvalue weighted by molar-refractivity contribution is 5.83. The first-order chi connectivity index (χ1) is 7.63. The van der Waals surface area contributed by atoms with Crippen LogP contribution in [-0.4, -0.2) is 67.2 Å². The number of carbonyl (C=O) groups excluding carboxylic acids is 1. The Kier molecular flexibility index (Phi) is 3.47. The lowest BCUT2D eigenvalue weighted by Crippen LogP contribution is -2.56. The minimum atomic E-state index is 0.0398. The van der Waals surface area contributed by atoms with Crippen LogP contribution >= 0.6 is 0 Å². The van der Waals surface area contributed by atoms with Crippen molar-refractivity contribution in [3.63, 3.8) is 0 Å². The SMILES string of the molecule is CC1COC(CN)CN1C1CCN(C)C1=O. The molecule has 92 valence electrons.